The van der Waals surface area contributed by atoms with Crippen LogP contribution in [0, 0.1) is 11.8 Å². The summed E-state index contributed by atoms with van der Waals surface area (Å²) in [5.74, 6) is 2.72. The van der Waals surface area contributed by atoms with Crippen LogP contribution < -0.4 is 10.3 Å². The standard InChI is InChI=1S/C24H30N4O3/c1-15-11-20(15)24(30)28-10-7-17(13-28)22-25-21-14-27(9-8-19(21)23(29)26-22)12-16-3-5-18(31-2)6-4-16/h3-6,15,17,20H,7-14H2,1-2H3,(H,25,26,29)/t15-,17+,20+/m0/s1. The zero-order valence-corrected chi connectivity index (χ0v) is 18.3. The van der Waals surface area contributed by atoms with E-state index in [1.165, 1.54) is 5.56 Å². The highest BCUT2D eigenvalue weighted by molar-refractivity contribution is 5.81. The van der Waals surface area contributed by atoms with Crippen molar-refractivity contribution in [1.29, 1.82) is 0 Å². The number of carbonyl (C=O) groups excluding carboxylic acids is 1. The molecule has 3 aliphatic rings. The number of hydrogen-bond acceptors (Lipinski definition) is 5. The summed E-state index contributed by atoms with van der Waals surface area (Å²) in [7, 11) is 1.67. The molecule has 0 spiro atoms. The Morgan fingerprint density at radius 3 is 2.74 bits per heavy atom. The van der Waals surface area contributed by atoms with Crippen molar-refractivity contribution in [3.05, 3.63) is 57.3 Å². The number of methoxy groups -OCH3 is 1. The molecule has 1 saturated carbocycles. The van der Waals surface area contributed by atoms with Gasteiger partial charge in [0.15, 0.2) is 0 Å². The topological polar surface area (TPSA) is 78.5 Å². The van der Waals surface area contributed by atoms with Gasteiger partial charge in [0.2, 0.25) is 5.91 Å². The first-order chi connectivity index (χ1) is 15.0. The van der Waals surface area contributed by atoms with E-state index in [2.05, 4.69) is 28.9 Å². The predicted octanol–water partition coefficient (Wildman–Crippen LogP) is 2.31. The summed E-state index contributed by atoms with van der Waals surface area (Å²) < 4.78 is 5.24. The molecule has 5 rings (SSSR count). The van der Waals surface area contributed by atoms with Crippen molar-refractivity contribution in [2.75, 3.05) is 26.7 Å². The van der Waals surface area contributed by atoms with Crippen LogP contribution in [0.1, 0.15) is 48.3 Å². The fourth-order valence-corrected chi connectivity index (χ4v) is 4.91. The van der Waals surface area contributed by atoms with E-state index >= 15 is 0 Å². The highest BCUT2D eigenvalue weighted by Crippen LogP contribution is 2.40. The lowest BCUT2D eigenvalue weighted by Gasteiger charge is -2.28. The van der Waals surface area contributed by atoms with Crippen molar-refractivity contribution in [1.82, 2.24) is 19.8 Å². The van der Waals surface area contributed by atoms with Gasteiger partial charge in [-0.2, -0.15) is 0 Å². The summed E-state index contributed by atoms with van der Waals surface area (Å²) in [6, 6.07) is 8.11. The Kier molecular flexibility index (Phi) is 5.30. The van der Waals surface area contributed by atoms with Crippen molar-refractivity contribution in [3.8, 4) is 5.75 Å². The van der Waals surface area contributed by atoms with E-state index < -0.39 is 0 Å². The number of aromatic amines is 1. The largest absolute Gasteiger partial charge is 0.497 e. The number of benzene rings is 1. The third-order valence-electron chi connectivity index (χ3n) is 7.05. The first-order valence-corrected chi connectivity index (χ1v) is 11.3. The number of carbonyl (C=O) groups is 1. The number of rotatable bonds is 5. The van der Waals surface area contributed by atoms with Crippen LogP contribution in [0.3, 0.4) is 0 Å². The number of nitrogens with one attached hydrogen (secondary N) is 1. The number of hydrogen-bond donors (Lipinski definition) is 1. The Labute approximate surface area is 182 Å². The Morgan fingerprint density at radius 1 is 1.26 bits per heavy atom. The smallest absolute Gasteiger partial charge is 0.254 e. The van der Waals surface area contributed by atoms with Crippen molar-refractivity contribution >= 4 is 5.91 Å². The summed E-state index contributed by atoms with van der Waals surface area (Å²) in [5, 5.41) is 0. The van der Waals surface area contributed by atoms with Crippen molar-refractivity contribution in [2.24, 2.45) is 11.8 Å². The van der Waals surface area contributed by atoms with Crippen LogP contribution in [-0.2, 0) is 24.3 Å². The summed E-state index contributed by atoms with van der Waals surface area (Å²) in [5.41, 5.74) is 2.91. The summed E-state index contributed by atoms with van der Waals surface area (Å²) in [6.07, 6.45) is 2.59. The first kappa shape index (κ1) is 20.2. The second-order valence-corrected chi connectivity index (χ2v) is 9.27. The van der Waals surface area contributed by atoms with Crippen molar-refractivity contribution < 1.29 is 9.53 Å². The van der Waals surface area contributed by atoms with Gasteiger partial charge in [0, 0.05) is 50.1 Å². The van der Waals surface area contributed by atoms with Gasteiger partial charge in [-0.25, -0.2) is 4.98 Å². The molecule has 1 aliphatic carbocycles. The molecule has 0 radical (unpaired) electrons. The lowest BCUT2D eigenvalue weighted by molar-refractivity contribution is -0.131. The van der Waals surface area contributed by atoms with E-state index in [0.717, 1.165) is 55.3 Å². The molecule has 7 heteroatoms. The Morgan fingerprint density at radius 2 is 2.03 bits per heavy atom. The van der Waals surface area contributed by atoms with E-state index in [1.807, 2.05) is 17.0 Å². The van der Waals surface area contributed by atoms with Gasteiger partial charge in [-0.05, 0) is 42.9 Å². The molecule has 7 nitrogen and oxygen atoms in total. The van der Waals surface area contributed by atoms with Gasteiger partial charge in [-0.3, -0.25) is 14.5 Å². The van der Waals surface area contributed by atoms with Gasteiger partial charge in [0.05, 0.1) is 12.8 Å². The molecule has 3 atom stereocenters. The van der Waals surface area contributed by atoms with Crippen molar-refractivity contribution in [2.45, 2.75) is 45.2 Å². The molecule has 3 heterocycles. The molecule has 0 bridgehead atoms. The van der Waals surface area contributed by atoms with Crippen molar-refractivity contribution in [3.63, 3.8) is 0 Å². The van der Waals surface area contributed by atoms with E-state index in [0.29, 0.717) is 25.4 Å². The fraction of sp³-hybridized carbons (Fsp3) is 0.542. The molecule has 2 aliphatic heterocycles. The highest BCUT2D eigenvalue weighted by atomic mass is 16.5. The van der Waals surface area contributed by atoms with Gasteiger partial charge in [0.1, 0.15) is 11.6 Å². The highest BCUT2D eigenvalue weighted by Gasteiger charge is 2.43. The Bertz CT molecular complexity index is 1030. The van der Waals surface area contributed by atoms with E-state index in [-0.39, 0.29) is 23.3 Å². The van der Waals surface area contributed by atoms with E-state index in [1.54, 1.807) is 7.11 Å². The fourth-order valence-electron chi connectivity index (χ4n) is 4.91. The SMILES string of the molecule is COc1ccc(CN2CCc3c(nc([C@@H]4CCN(C(=O)[C@@H]5C[C@@H]5C)C4)[nH]c3=O)C2)cc1. The maximum absolute atomic E-state index is 12.7. The predicted molar refractivity (Wildman–Crippen MR) is 117 cm³/mol. The molecule has 1 aromatic carbocycles. The van der Waals surface area contributed by atoms with Crippen LogP contribution in [-0.4, -0.2) is 52.4 Å². The molecule has 1 N–H and O–H groups in total. The lowest BCUT2D eigenvalue weighted by Crippen LogP contribution is -2.36. The van der Waals surface area contributed by atoms with Gasteiger partial charge in [-0.1, -0.05) is 19.1 Å². The van der Waals surface area contributed by atoms with Gasteiger partial charge < -0.3 is 14.6 Å². The maximum atomic E-state index is 12.7. The third kappa shape index (κ3) is 4.11. The molecule has 0 unspecified atom stereocenters. The quantitative estimate of drug-likeness (QED) is 0.800. The Hall–Kier alpha value is -2.67. The minimum absolute atomic E-state index is 0.00955. The number of nitrogens with zero attached hydrogens (tertiary/aromatic N) is 3. The number of aromatic nitrogens is 2. The van der Waals surface area contributed by atoms with Crippen LogP contribution in [0.5, 0.6) is 5.75 Å². The average Bonchev–Trinajstić information content (AvgIpc) is 3.30. The van der Waals surface area contributed by atoms with Crippen LogP contribution >= 0.6 is 0 Å². The minimum atomic E-state index is -0.00955. The number of likely N-dealkylation sites (tertiary alicyclic amines) is 1. The average molecular weight is 423 g/mol. The summed E-state index contributed by atoms with van der Waals surface area (Å²) >= 11 is 0. The molecule has 1 amide bonds. The van der Waals surface area contributed by atoms with Crippen LogP contribution in [0.4, 0.5) is 0 Å². The summed E-state index contributed by atoms with van der Waals surface area (Å²) in [6.45, 7) is 5.90. The molecule has 164 valence electrons. The molecular weight excluding hydrogens is 392 g/mol. The molecule has 31 heavy (non-hydrogen) atoms. The van der Waals surface area contributed by atoms with E-state index in [9.17, 15) is 9.59 Å². The Balaban J connectivity index is 1.28. The minimum Gasteiger partial charge on any atom is -0.497 e. The number of ether oxygens (including phenoxy) is 1. The molecule has 2 aromatic rings. The van der Waals surface area contributed by atoms with Crippen LogP contribution in [0.25, 0.3) is 0 Å². The van der Waals surface area contributed by atoms with Crippen LogP contribution in [0.15, 0.2) is 29.1 Å². The van der Waals surface area contributed by atoms with Crippen LogP contribution in [0.2, 0.25) is 0 Å². The normalized spacial score (nSPS) is 25.4. The molecule has 2 fully saturated rings. The first-order valence-electron chi connectivity index (χ1n) is 11.3. The monoisotopic (exact) mass is 422 g/mol. The second kappa shape index (κ2) is 8.11. The zero-order valence-electron chi connectivity index (χ0n) is 18.3. The summed E-state index contributed by atoms with van der Waals surface area (Å²) in [4.78, 5) is 37.5. The second-order valence-electron chi connectivity index (χ2n) is 9.27. The maximum Gasteiger partial charge on any atom is 0.254 e. The zero-order chi connectivity index (χ0) is 21.5. The van der Waals surface area contributed by atoms with Gasteiger partial charge >= 0.3 is 0 Å². The third-order valence-corrected chi connectivity index (χ3v) is 7.05. The molecule has 1 saturated heterocycles. The van der Waals surface area contributed by atoms with Gasteiger partial charge in [0.25, 0.3) is 5.56 Å². The van der Waals surface area contributed by atoms with Gasteiger partial charge in [-0.15, -0.1) is 0 Å². The number of H-pyrrole nitrogens is 1. The lowest BCUT2D eigenvalue weighted by atomic mass is 10.0. The molecular formula is C24H30N4O3. The molecule has 1 aromatic heterocycles. The number of amides is 1. The van der Waals surface area contributed by atoms with E-state index in [4.69, 9.17) is 9.72 Å². The number of fused-ring (bicyclic) bond motifs is 1.